The summed E-state index contributed by atoms with van der Waals surface area (Å²) in [5, 5.41) is 3.47. The molecule has 0 atom stereocenters. The van der Waals surface area contributed by atoms with Gasteiger partial charge in [0.05, 0.1) is 12.7 Å². The molecule has 1 aliphatic rings. The van der Waals surface area contributed by atoms with Crippen molar-refractivity contribution in [2.75, 3.05) is 37.0 Å². The molecular formula is C15H24N2O. The number of ether oxygens (including phenoxy) is 1. The van der Waals surface area contributed by atoms with E-state index in [1.165, 1.54) is 29.8 Å². The van der Waals surface area contributed by atoms with Crippen molar-refractivity contribution in [3.63, 3.8) is 0 Å². The van der Waals surface area contributed by atoms with E-state index in [1.807, 2.05) is 0 Å². The van der Waals surface area contributed by atoms with Crippen LogP contribution in [-0.4, -0.2) is 32.8 Å². The normalized spacial score (nSPS) is 14.2. The quantitative estimate of drug-likeness (QED) is 0.867. The van der Waals surface area contributed by atoms with Crippen LogP contribution in [-0.2, 0) is 11.2 Å². The van der Waals surface area contributed by atoms with Crippen molar-refractivity contribution in [3.05, 3.63) is 23.8 Å². The average Bonchev–Trinajstić information content (AvgIpc) is 2.37. The second kappa shape index (κ2) is 6.10. The largest absolute Gasteiger partial charge is 0.385 e. The lowest BCUT2D eigenvalue weighted by molar-refractivity contribution is 0.0846. The number of benzene rings is 1. The number of hydrogen-bond acceptors (Lipinski definition) is 3. The zero-order valence-electron chi connectivity index (χ0n) is 11.7. The van der Waals surface area contributed by atoms with Crippen molar-refractivity contribution < 1.29 is 4.74 Å². The first kappa shape index (κ1) is 13.2. The lowest BCUT2D eigenvalue weighted by Crippen LogP contribution is -2.26. The maximum absolute atomic E-state index is 5.62. The predicted molar refractivity (Wildman–Crippen MR) is 77.6 cm³/mol. The lowest BCUT2D eigenvalue weighted by Gasteiger charge is -2.27. The highest BCUT2D eigenvalue weighted by Crippen LogP contribution is 2.30. The Kier molecular flexibility index (Phi) is 4.48. The Bertz CT molecular complexity index is 390. The van der Waals surface area contributed by atoms with Crippen LogP contribution in [0.5, 0.6) is 0 Å². The summed E-state index contributed by atoms with van der Waals surface area (Å²) in [6.45, 7) is 6.97. The van der Waals surface area contributed by atoms with Crippen molar-refractivity contribution >= 4 is 11.4 Å². The van der Waals surface area contributed by atoms with Crippen LogP contribution in [0, 0.1) is 0 Å². The molecule has 0 saturated heterocycles. The molecule has 1 N–H and O–H groups in total. The molecule has 0 unspecified atom stereocenters. The number of hydrogen-bond donors (Lipinski definition) is 1. The predicted octanol–water partition coefficient (Wildman–Crippen LogP) is 2.91. The van der Waals surface area contributed by atoms with Gasteiger partial charge in [-0.25, -0.2) is 0 Å². The van der Waals surface area contributed by atoms with Gasteiger partial charge in [0.1, 0.15) is 0 Å². The van der Waals surface area contributed by atoms with Gasteiger partial charge in [0.25, 0.3) is 0 Å². The molecule has 3 nitrogen and oxygen atoms in total. The Balaban J connectivity index is 2.03. The first-order valence-corrected chi connectivity index (χ1v) is 6.87. The first-order chi connectivity index (χ1) is 8.68. The molecule has 1 aliphatic heterocycles. The molecule has 0 radical (unpaired) electrons. The summed E-state index contributed by atoms with van der Waals surface area (Å²) >= 11 is 0. The van der Waals surface area contributed by atoms with Crippen LogP contribution in [0.1, 0.15) is 25.8 Å². The fourth-order valence-corrected chi connectivity index (χ4v) is 2.39. The van der Waals surface area contributed by atoms with Gasteiger partial charge >= 0.3 is 0 Å². The molecule has 3 heteroatoms. The highest BCUT2D eigenvalue weighted by molar-refractivity contribution is 5.67. The van der Waals surface area contributed by atoms with Gasteiger partial charge in [-0.3, -0.25) is 0 Å². The van der Waals surface area contributed by atoms with Gasteiger partial charge < -0.3 is 15.0 Å². The molecule has 0 saturated carbocycles. The van der Waals surface area contributed by atoms with E-state index < -0.39 is 0 Å². The molecule has 1 heterocycles. The number of nitrogens with zero attached hydrogens (tertiary/aromatic N) is 1. The van der Waals surface area contributed by atoms with Gasteiger partial charge in [0, 0.05) is 31.5 Å². The molecule has 0 amide bonds. The standard InChI is InChI=1S/C15H24N2O/c1-12(2)18-11-10-17(3)15-8-4-7-14-13(15)6-5-9-16-14/h4,7-8,12,16H,5-6,9-11H2,1-3H3. The Morgan fingerprint density at radius 1 is 1.39 bits per heavy atom. The van der Waals surface area contributed by atoms with Crippen molar-refractivity contribution in [1.82, 2.24) is 0 Å². The Morgan fingerprint density at radius 2 is 2.22 bits per heavy atom. The molecule has 0 spiro atoms. The molecule has 0 bridgehead atoms. The molecule has 1 aromatic carbocycles. The summed E-state index contributed by atoms with van der Waals surface area (Å²) in [6.07, 6.45) is 2.71. The second-order valence-electron chi connectivity index (χ2n) is 5.17. The van der Waals surface area contributed by atoms with E-state index in [0.29, 0.717) is 6.10 Å². The Labute approximate surface area is 110 Å². The van der Waals surface area contributed by atoms with E-state index in [-0.39, 0.29) is 0 Å². The van der Waals surface area contributed by atoms with Gasteiger partial charge in [0.2, 0.25) is 0 Å². The maximum atomic E-state index is 5.62. The van der Waals surface area contributed by atoms with E-state index >= 15 is 0 Å². The summed E-state index contributed by atoms with van der Waals surface area (Å²) in [6, 6.07) is 6.52. The van der Waals surface area contributed by atoms with Crippen LogP contribution in [0.25, 0.3) is 0 Å². The number of fused-ring (bicyclic) bond motifs is 1. The van der Waals surface area contributed by atoms with E-state index in [1.54, 1.807) is 0 Å². The van der Waals surface area contributed by atoms with E-state index in [9.17, 15) is 0 Å². The van der Waals surface area contributed by atoms with Crippen molar-refractivity contribution in [2.24, 2.45) is 0 Å². The number of rotatable bonds is 5. The zero-order chi connectivity index (χ0) is 13.0. The minimum atomic E-state index is 0.310. The molecule has 0 aromatic heterocycles. The summed E-state index contributed by atoms with van der Waals surface area (Å²) in [5.74, 6) is 0. The first-order valence-electron chi connectivity index (χ1n) is 6.87. The lowest BCUT2D eigenvalue weighted by atomic mass is 10.0. The smallest absolute Gasteiger partial charge is 0.0644 e. The van der Waals surface area contributed by atoms with Gasteiger partial charge in [-0.15, -0.1) is 0 Å². The summed E-state index contributed by atoms with van der Waals surface area (Å²) in [4.78, 5) is 2.30. The van der Waals surface area contributed by atoms with Crippen molar-refractivity contribution in [2.45, 2.75) is 32.8 Å². The highest BCUT2D eigenvalue weighted by atomic mass is 16.5. The van der Waals surface area contributed by atoms with Crippen molar-refractivity contribution in [3.8, 4) is 0 Å². The summed E-state index contributed by atoms with van der Waals surface area (Å²) in [5.41, 5.74) is 4.10. The molecule has 100 valence electrons. The van der Waals surface area contributed by atoms with Crippen LogP contribution in [0.15, 0.2) is 18.2 Å². The summed E-state index contributed by atoms with van der Waals surface area (Å²) < 4.78 is 5.62. The topological polar surface area (TPSA) is 24.5 Å². The van der Waals surface area contributed by atoms with Crippen LogP contribution in [0.3, 0.4) is 0 Å². The fourth-order valence-electron chi connectivity index (χ4n) is 2.39. The monoisotopic (exact) mass is 248 g/mol. The Morgan fingerprint density at radius 3 is 3.00 bits per heavy atom. The average molecular weight is 248 g/mol. The maximum Gasteiger partial charge on any atom is 0.0644 e. The van der Waals surface area contributed by atoms with Gasteiger partial charge in [-0.1, -0.05) is 6.07 Å². The third-order valence-corrected chi connectivity index (χ3v) is 3.36. The Hall–Kier alpha value is -1.22. The van der Waals surface area contributed by atoms with E-state index in [4.69, 9.17) is 4.74 Å². The number of likely N-dealkylation sites (N-methyl/N-ethyl adjacent to an activating group) is 1. The van der Waals surface area contributed by atoms with Crippen LogP contribution in [0.2, 0.25) is 0 Å². The third kappa shape index (κ3) is 3.16. The minimum absolute atomic E-state index is 0.310. The third-order valence-electron chi connectivity index (χ3n) is 3.36. The van der Waals surface area contributed by atoms with Crippen molar-refractivity contribution in [1.29, 1.82) is 0 Å². The summed E-state index contributed by atoms with van der Waals surface area (Å²) in [7, 11) is 2.15. The highest BCUT2D eigenvalue weighted by Gasteiger charge is 2.14. The molecule has 1 aromatic rings. The molecular weight excluding hydrogens is 224 g/mol. The number of anilines is 2. The van der Waals surface area contributed by atoms with Crippen LogP contribution < -0.4 is 10.2 Å². The van der Waals surface area contributed by atoms with Gasteiger partial charge in [0.15, 0.2) is 0 Å². The molecule has 0 aliphatic carbocycles. The molecule has 18 heavy (non-hydrogen) atoms. The second-order valence-corrected chi connectivity index (χ2v) is 5.17. The van der Waals surface area contributed by atoms with Gasteiger partial charge in [-0.05, 0) is 44.4 Å². The number of nitrogens with one attached hydrogen (secondary N) is 1. The molecule has 0 fully saturated rings. The van der Waals surface area contributed by atoms with Crippen LogP contribution >= 0.6 is 0 Å². The SMILES string of the molecule is CC(C)OCCN(C)c1cccc2c1CCCN2. The zero-order valence-corrected chi connectivity index (χ0v) is 11.7. The molecule has 2 rings (SSSR count). The van der Waals surface area contributed by atoms with Crippen LogP contribution in [0.4, 0.5) is 11.4 Å². The fraction of sp³-hybridized carbons (Fsp3) is 0.600. The minimum Gasteiger partial charge on any atom is -0.385 e. The van der Waals surface area contributed by atoms with E-state index in [0.717, 1.165) is 19.7 Å². The van der Waals surface area contributed by atoms with E-state index in [2.05, 4.69) is 49.3 Å². The van der Waals surface area contributed by atoms with Gasteiger partial charge in [-0.2, -0.15) is 0 Å².